The molecule has 28 heavy (non-hydrogen) atoms. The van der Waals surface area contributed by atoms with Crippen LogP contribution in [0.1, 0.15) is 33.6 Å². The van der Waals surface area contributed by atoms with E-state index < -0.39 is 0 Å². The van der Waals surface area contributed by atoms with Crippen LogP contribution in [0.2, 0.25) is 5.15 Å². The number of thioether (sulfide) groups is 1. The number of halogens is 1. The number of amides is 2. The Morgan fingerprint density at radius 1 is 1.04 bits per heavy atom. The van der Waals surface area contributed by atoms with Crippen LogP contribution in [0, 0.1) is 5.41 Å². The van der Waals surface area contributed by atoms with Gasteiger partial charge in [0.25, 0.3) is 0 Å². The van der Waals surface area contributed by atoms with Gasteiger partial charge in [-0.3, -0.25) is 9.59 Å². The van der Waals surface area contributed by atoms with Gasteiger partial charge in [0.05, 0.1) is 5.75 Å². The van der Waals surface area contributed by atoms with Crippen LogP contribution in [0.15, 0.2) is 11.2 Å². The first-order valence-electron chi connectivity index (χ1n) is 9.73. The van der Waals surface area contributed by atoms with E-state index in [1.54, 1.807) is 6.07 Å². The fourth-order valence-corrected chi connectivity index (χ4v) is 4.39. The maximum atomic E-state index is 12.5. The molecule has 0 N–H and O–H groups in total. The van der Waals surface area contributed by atoms with Crippen molar-refractivity contribution in [2.75, 3.05) is 49.9 Å². The second-order valence-corrected chi connectivity index (χ2v) is 9.57. The molecule has 7 nitrogen and oxygen atoms in total. The standard InChI is InChI=1S/C19H28ClN5O2S/c1-19(2,3)17(27)25-10-8-23(9-11-25)15-12-14(20)21-18(22-15)28-13-16(26)24-6-4-5-7-24/h12H,4-11,13H2,1-3H3. The third-order valence-electron chi connectivity index (χ3n) is 4.98. The number of carbonyl (C=O) groups is 2. The molecule has 3 heterocycles. The molecule has 154 valence electrons. The maximum absolute atomic E-state index is 12.5. The van der Waals surface area contributed by atoms with Crippen LogP contribution in [0.5, 0.6) is 0 Å². The fourth-order valence-electron chi connectivity index (χ4n) is 3.41. The first-order valence-corrected chi connectivity index (χ1v) is 11.1. The van der Waals surface area contributed by atoms with Crippen molar-refractivity contribution in [1.82, 2.24) is 19.8 Å². The summed E-state index contributed by atoms with van der Waals surface area (Å²) in [6.07, 6.45) is 2.16. The Bertz CT molecular complexity index is 726. The van der Waals surface area contributed by atoms with Crippen LogP contribution in [-0.2, 0) is 9.59 Å². The highest BCUT2D eigenvalue weighted by Crippen LogP contribution is 2.25. The average molecular weight is 426 g/mol. The molecule has 1 aromatic rings. The lowest BCUT2D eigenvalue weighted by Crippen LogP contribution is -2.51. The number of anilines is 1. The smallest absolute Gasteiger partial charge is 0.233 e. The van der Waals surface area contributed by atoms with Gasteiger partial charge in [0.15, 0.2) is 5.16 Å². The van der Waals surface area contributed by atoms with E-state index in [0.29, 0.717) is 42.2 Å². The summed E-state index contributed by atoms with van der Waals surface area (Å²) in [5, 5.41) is 0.887. The van der Waals surface area contributed by atoms with E-state index in [2.05, 4.69) is 14.9 Å². The van der Waals surface area contributed by atoms with E-state index in [-0.39, 0.29) is 17.2 Å². The molecule has 0 atom stereocenters. The Hall–Kier alpha value is -1.54. The molecular weight excluding hydrogens is 398 g/mol. The Labute approximate surface area is 175 Å². The number of piperazine rings is 1. The van der Waals surface area contributed by atoms with Crippen molar-refractivity contribution in [1.29, 1.82) is 0 Å². The van der Waals surface area contributed by atoms with Gasteiger partial charge in [-0.15, -0.1) is 0 Å². The summed E-state index contributed by atoms with van der Waals surface area (Å²) >= 11 is 7.53. The van der Waals surface area contributed by atoms with Gasteiger partial charge in [-0.1, -0.05) is 44.1 Å². The minimum absolute atomic E-state index is 0.127. The summed E-state index contributed by atoms with van der Waals surface area (Å²) in [5.74, 6) is 1.37. The maximum Gasteiger partial charge on any atom is 0.233 e. The summed E-state index contributed by atoms with van der Waals surface area (Å²) in [6, 6.07) is 1.75. The van der Waals surface area contributed by atoms with Gasteiger partial charge < -0.3 is 14.7 Å². The van der Waals surface area contributed by atoms with Crippen molar-refractivity contribution in [3.8, 4) is 0 Å². The normalized spacial score (nSPS) is 17.9. The zero-order valence-electron chi connectivity index (χ0n) is 16.8. The lowest BCUT2D eigenvalue weighted by Gasteiger charge is -2.38. The van der Waals surface area contributed by atoms with Gasteiger partial charge in [-0.25, -0.2) is 9.97 Å². The van der Waals surface area contributed by atoms with Crippen molar-refractivity contribution in [3.05, 3.63) is 11.2 Å². The molecule has 0 saturated carbocycles. The van der Waals surface area contributed by atoms with E-state index >= 15 is 0 Å². The van der Waals surface area contributed by atoms with Crippen molar-refractivity contribution in [2.45, 2.75) is 38.8 Å². The number of carbonyl (C=O) groups excluding carboxylic acids is 2. The van der Waals surface area contributed by atoms with E-state index in [0.717, 1.165) is 31.7 Å². The predicted octanol–water partition coefficient (Wildman–Crippen LogP) is 2.54. The molecule has 2 aliphatic rings. The van der Waals surface area contributed by atoms with E-state index in [1.807, 2.05) is 30.6 Å². The van der Waals surface area contributed by atoms with Crippen LogP contribution in [0.3, 0.4) is 0 Å². The fraction of sp³-hybridized carbons (Fsp3) is 0.684. The van der Waals surface area contributed by atoms with Gasteiger partial charge in [-0.05, 0) is 12.8 Å². The second kappa shape index (κ2) is 8.86. The first-order chi connectivity index (χ1) is 13.2. The number of nitrogens with zero attached hydrogens (tertiary/aromatic N) is 5. The van der Waals surface area contributed by atoms with Gasteiger partial charge in [0, 0.05) is 50.7 Å². The molecule has 0 bridgehead atoms. The summed E-state index contributed by atoms with van der Waals surface area (Å²) in [5.41, 5.74) is -0.369. The summed E-state index contributed by atoms with van der Waals surface area (Å²) in [4.78, 5) is 39.5. The topological polar surface area (TPSA) is 69.6 Å². The van der Waals surface area contributed by atoms with Crippen molar-refractivity contribution < 1.29 is 9.59 Å². The molecule has 0 radical (unpaired) electrons. The molecule has 2 saturated heterocycles. The minimum Gasteiger partial charge on any atom is -0.353 e. The van der Waals surface area contributed by atoms with Gasteiger partial charge in [0.1, 0.15) is 11.0 Å². The first kappa shape index (κ1) is 21.2. The summed E-state index contributed by atoms with van der Waals surface area (Å²) in [6.45, 7) is 10.2. The molecule has 9 heteroatoms. The van der Waals surface area contributed by atoms with Crippen molar-refractivity contribution >= 4 is 41.0 Å². The molecule has 2 amide bonds. The predicted molar refractivity (Wildman–Crippen MR) is 112 cm³/mol. The van der Waals surface area contributed by atoms with E-state index in [4.69, 9.17) is 11.6 Å². The average Bonchev–Trinajstić information content (AvgIpc) is 3.19. The van der Waals surface area contributed by atoms with Gasteiger partial charge in [-0.2, -0.15) is 0 Å². The summed E-state index contributed by atoms with van der Waals surface area (Å²) in [7, 11) is 0. The van der Waals surface area contributed by atoms with Crippen molar-refractivity contribution in [2.24, 2.45) is 5.41 Å². The van der Waals surface area contributed by atoms with Gasteiger partial charge >= 0.3 is 0 Å². The molecule has 0 spiro atoms. The molecule has 0 aromatic carbocycles. The number of rotatable bonds is 4. The largest absolute Gasteiger partial charge is 0.353 e. The molecular formula is C19H28ClN5O2S. The quantitative estimate of drug-likeness (QED) is 0.419. The Balaban J connectivity index is 1.59. The molecule has 0 aliphatic carbocycles. The highest BCUT2D eigenvalue weighted by Gasteiger charge is 2.30. The third-order valence-corrected chi connectivity index (χ3v) is 6.00. The van der Waals surface area contributed by atoms with Crippen LogP contribution in [0.4, 0.5) is 5.82 Å². The lowest BCUT2D eigenvalue weighted by atomic mass is 9.94. The zero-order chi connectivity index (χ0) is 20.3. The molecule has 1 aromatic heterocycles. The SMILES string of the molecule is CC(C)(C)C(=O)N1CCN(c2cc(Cl)nc(SCC(=O)N3CCCC3)n2)CC1. The third kappa shape index (κ3) is 5.29. The molecule has 3 rings (SSSR count). The monoisotopic (exact) mass is 425 g/mol. The Kier molecular flexibility index (Phi) is 6.70. The van der Waals surface area contributed by atoms with Gasteiger partial charge in [0.2, 0.25) is 11.8 Å². The van der Waals surface area contributed by atoms with Crippen LogP contribution >= 0.6 is 23.4 Å². The van der Waals surface area contributed by atoms with Crippen molar-refractivity contribution in [3.63, 3.8) is 0 Å². The van der Waals surface area contributed by atoms with Crippen LogP contribution in [0.25, 0.3) is 0 Å². The Morgan fingerprint density at radius 3 is 2.29 bits per heavy atom. The molecule has 2 fully saturated rings. The minimum atomic E-state index is -0.369. The second-order valence-electron chi connectivity index (χ2n) is 8.24. The highest BCUT2D eigenvalue weighted by atomic mass is 35.5. The zero-order valence-corrected chi connectivity index (χ0v) is 18.4. The number of hydrogen-bond donors (Lipinski definition) is 0. The molecule has 0 unspecified atom stereocenters. The lowest BCUT2D eigenvalue weighted by molar-refractivity contribution is -0.139. The Morgan fingerprint density at radius 2 is 1.68 bits per heavy atom. The van der Waals surface area contributed by atoms with Crippen LogP contribution in [-0.4, -0.2) is 76.6 Å². The summed E-state index contributed by atoms with van der Waals surface area (Å²) < 4.78 is 0. The number of aromatic nitrogens is 2. The highest BCUT2D eigenvalue weighted by molar-refractivity contribution is 7.99. The number of hydrogen-bond acceptors (Lipinski definition) is 6. The molecule has 2 aliphatic heterocycles. The van der Waals surface area contributed by atoms with E-state index in [1.165, 1.54) is 11.8 Å². The number of likely N-dealkylation sites (tertiary alicyclic amines) is 1. The van der Waals surface area contributed by atoms with Crippen LogP contribution < -0.4 is 4.90 Å². The van der Waals surface area contributed by atoms with E-state index in [9.17, 15) is 9.59 Å².